The minimum absolute atomic E-state index is 0.252. The summed E-state index contributed by atoms with van der Waals surface area (Å²) in [6.45, 7) is 6.78. The van der Waals surface area contributed by atoms with Gasteiger partial charge in [0.25, 0.3) is 0 Å². The third kappa shape index (κ3) is 3.38. The standard InChI is InChI=1S/C10H18O4/c1-3-5-7-14-10(11,9-8-12-9)13-6-4-2/h4,9,11H,2-3,5-8H2,1H3. The number of ether oxygens (including phenoxy) is 3. The van der Waals surface area contributed by atoms with Crippen molar-refractivity contribution in [1.82, 2.24) is 0 Å². The van der Waals surface area contributed by atoms with Crippen molar-refractivity contribution in [3.63, 3.8) is 0 Å². The Kier molecular flexibility index (Phi) is 4.54. The van der Waals surface area contributed by atoms with E-state index in [2.05, 4.69) is 13.5 Å². The maximum absolute atomic E-state index is 9.89. The zero-order valence-electron chi connectivity index (χ0n) is 8.57. The molecule has 0 aliphatic carbocycles. The van der Waals surface area contributed by atoms with E-state index in [0.29, 0.717) is 13.2 Å². The summed E-state index contributed by atoms with van der Waals surface area (Å²) in [5.74, 6) is -1.58. The molecule has 1 saturated heterocycles. The number of epoxide rings is 1. The Bertz CT molecular complexity index is 179. The summed E-state index contributed by atoms with van der Waals surface area (Å²) < 4.78 is 15.4. The molecule has 0 aromatic heterocycles. The average molecular weight is 202 g/mol. The molecule has 1 N–H and O–H groups in total. The van der Waals surface area contributed by atoms with E-state index in [-0.39, 0.29) is 12.7 Å². The Morgan fingerprint density at radius 2 is 2.36 bits per heavy atom. The van der Waals surface area contributed by atoms with Gasteiger partial charge in [-0.2, -0.15) is 0 Å². The second-order valence-electron chi connectivity index (χ2n) is 3.25. The lowest BCUT2D eigenvalue weighted by atomic mass is 10.3. The largest absolute Gasteiger partial charge is 0.364 e. The molecule has 0 spiro atoms. The van der Waals surface area contributed by atoms with Crippen LogP contribution in [-0.2, 0) is 14.2 Å². The zero-order chi connectivity index (χ0) is 10.4. The van der Waals surface area contributed by atoms with Gasteiger partial charge in [-0.3, -0.25) is 0 Å². The summed E-state index contributed by atoms with van der Waals surface area (Å²) >= 11 is 0. The molecule has 0 saturated carbocycles. The van der Waals surface area contributed by atoms with E-state index in [0.717, 1.165) is 12.8 Å². The fourth-order valence-corrected chi connectivity index (χ4v) is 1.03. The topological polar surface area (TPSA) is 51.2 Å². The number of aliphatic hydroxyl groups is 1. The molecule has 0 radical (unpaired) electrons. The second kappa shape index (κ2) is 5.46. The maximum Gasteiger partial charge on any atom is 0.311 e. The summed E-state index contributed by atoms with van der Waals surface area (Å²) in [5, 5.41) is 9.89. The van der Waals surface area contributed by atoms with Gasteiger partial charge in [0.1, 0.15) is 0 Å². The molecule has 0 bridgehead atoms. The summed E-state index contributed by atoms with van der Waals surface area (Å²) in [6, 6.07) is 0. The first-order chi connectivity index (χ1) is 6.73. The van der Waals surface area contributed by atoms with E-state index >= 15 is 0 Å². The summed E-state index contributed by atoms with van der Waals surface area (Å²) in [4.78, 5) is 0. The summed E-state index contributed by atoms with van der Waals surface area (Å²) in [7, 11) is 0. The van der Waals surface area contributed by atoms with Crippen molar-refractivity contribution in [2.75, 3.05) is 19.8 Å². The second-order valence-corrected chi connectivity index (χ2v) is 3.25. The molecule has 14 heavy (non-hydrogen) atoms. The molecule has 82 valence electrons. The molecule has 4 nitrogen and oxygen atoms in total. The van der Waals surface area contributed by atoms with Crippen molar-refractivity contribution in [3.8, 4) is 0 Å². The Labute approximate surface area is 84.5 Å². The summed E-state index contributed by atoms with van der Waals surface area (Å²) in [5.41, 5.74) is 0. The number of hydrogen-bond acceptors (Lipinski definition) is 4. The lowest BCUT2D eigenvalue weighted by molar-refractivity contribution is -0.364. The van der Waals surface area contributed by atoms with Crippen LogP contribution in [0, 0.1) is 0 Å². The van der Waals surface area contributed by atoms with E-state index in [1.54, 1.807) is 6.08 Å². The molecule has 1 aliphatic heterocycles. The molecule has 4 heteroatoms. The smallest absolute Gasteiger partial charge is 0.311 e. The van der Waals surface area contributed by atoms with Crippen LogP contribution in [0.5, 0.6) is 0 Å². The van der Waals surface area contributed by atoms with Crippen molar-refractivity contribution in [3.05, 3.63) is 12.7 Å². The van der Waals surface area contributed by atoms with Crippen LogP contribution in [0.25, 0.3) is 0 Å². The highest BCUT2D eigenvalue weighted by Gasteiger charge is 2.48. The van der Waals surface area contributed by atoms with Gasteiger partial charge in [0.15, 0.2) is 6.10 Å². The predicted molar refractivity (Wildman–Crippen MR) is 51.7 cm³/mol. The van der Waals surface area contributed by atoms with Crippen LogP contribution >= 0.6 is 0 Å². The van der Waals surface area contributed by atoms with Gasteiger partial charge in [-0.15, -0.1) is 6.58 Å². The molecule has 1 aliphatic rings. The van der Waals surface area contributed by atoms with Crippen LogP contribution in [0.1, 0.15) is 19.8 Å². The predicted octanol–water partition coefficient (Wildman–Crippen LogP) is 1.05. The Hall–Kier alpha value is -0.420. The molecule has 0 aromatic carbocycles. The van der Waals surface area contributed by atoms with Gasteiger partial charge in [-0.25, -0.2) is 0 Å². The highest BCUT2D eigenvalue weighted by atomic mass is 16.8. The van der Waals surface area contributed by atoms with Gasteiger partial charge in [-0.05, 0) is 6.42 Å². The first kappa shape index (κ1) is 11.7. The molecular weight excluding hydrogens is 184 g/mol. The highest BCUT2D eigenvalue weighted by Crippen LogP contribution is 2.27. The lowest BCUT2D eigenvalue weighted by Gasteiger charge is -2.25. The number of hydrogen-bond donors (Lipinski definition) is 1. The third-order valence-corrected chi connectivity index (χ3v) is 1.95. The van der Waals surface area contributed by atoms with Gasteiger partial charge in [0, 0.05) is 0 Å². The average Bonchev–Trinajstić information content (AvgIpc) is 2.98. The minimum Gasteiger partial charge on any atom is -0.364 e. The van der Waals surface area contributed by atoms with Crippen LogP contribution in [0.2, 0.25) is 0 Å². The first-order valence-corrected chi connectivity index (χ1v) is 4.95. The normalized spacial score (nSPS) is 24.3. The SMILES string of the molecule is C=CCOC(O)(OCCCC)C1CO1. The highest BCUT2D eigenvalue weighted by molar-refractivity contribution is 4.81. The molecular formula is C10H18O4. The van der Waals surface area contributed by atoms with Crippen molar-refractivity contribution < 1.29 is 19.3 Å². The lowest BCUT2D eigenvalue weighted by Crippen LogP contribution is -2.42. The van der Waals surface area contributed by atoms with Crippen LogP contribution in [-0.4, -0.2) is 37.0 Å². The molecule has 2 unspecified atom stereocenters. The van der Waals surface area contributed by atoms with Crippen LogP contribution in [0.4, 0.5) is 0 Å². The molecule has 1 fully saturated rings. The van der Waals surface area contributed by atoms with Crippen molar-refractivity contribution >= 4 is 0 Å². The fraction of sp³-hybridized carbons (Fsp3) is 0.800. The van der Waals surface area contributed by atoms with Gasteiger partial charge in [0.2, 0.25) is 0 Å². The Balaban J connectivity index is 2.31. The van der Waals surface area contributed by atoms with Gasteiger partial charge < -0.3 is 19.3 Å². The van der Waals surface area contributed by atoms with E-state index < -0.39 is 5.97 Å². The Morgan fingerprint density at radius 3 is 2.86 bits per heavy atom. The van der Waals surface area contributed by atoms with Crippen LogP contribution in [0.3, 0.4) is 0 Å². The van der Waals surface area contributed by atoms with Gasteiger partial charge in [-0.1, -0.05) is 19.4 Å². The van der Waals surface area contributed by atoms with E-state index in [1.165, 1.54) is 0 Å². The zero-order valence-corrected chi connectivity index (χ0v) is 8.57. The monoisotopic (exact) mass is 202 g/mol. The van der Waals surface area contributed by atoms with E-state index in [4.69, 9.17) is 14.2 Å². The molecule has 0 amide bonds. The molecule has 0 aromatic rings. The molecule has 2 atom stereocenters. The third-order valence-electron chi connectivity index (χ3n) is 1.95. The molecule has 1 heterocycles. The summed E-state index contributed by atoms with van der Waals surface area (Å²) in [6.07, 6.45) is 3.13. The first-order valence-electron chi connectivity index (χ1n) is 4.95. The van der Waals surface area contributed by atoms with Crippen LogP contribution < -0.4 is 0 Å². The quantitative estimate of drug-likeness (QED) is 0.277. The van der Waals surface area contributed by atoms with E-state index in [9.17, 15) is 5.11 Å². The number of rotatable bonds is 8. The van der Waals surface area contributed by atoms with E-state index in [1.807, 2.05) is 0 Å². The maximum atomic E-state index is 9.89. The number of unbranched alkanes of at least 4 members (excludes halogenated alkanes) is 1. The van der Waals surface area contributed by atoms with Gasteiger partial charge >= 0.3 is 5.97 Å². The molecule has 1 rings (SSSR count). The Morgan fingerprint density at radius 1 is 1.64 bits per heavy atom. The van der Waals surface area contributed by atoms with Crippen LogP contribution in [0.15, 0.2) is 12.7 Å². The van der Waals surface area contributed by atoms with Crippen molar-refractivity contribution in [2.24, 2.45) is 0 Å². The van der Waals surface area contributed by atoms with Gasteiger partial charge in [0.05, 0.1) is 19.8 Å². The minimum atomic E-state index is -1.58. The van der Waals surface area contributed by atoms with Crippen molar-refractivity contribution in [2.45, 2.75) is 31.8 Å². The fourth-order valence-electron chi connectivity index (χ4n) is 1.03. The van der Waals surface area contributed by atoms with Crippen molar-refractivity contribution in [1.29, 1.82) is 0 Å².